The van der Waals surface area contributed by atoms with E-state index < -0.39 is 6.61 Å². The second-order valence-electron chi connectivity index (χ2n) is 8.81. The van der Waals surface area contributed by atoms with Gasteiger partial charge in [0.2, 0.25) is 0 Å². The zero-order valence-electron chi connectivity index (χ0n) is 17.5. The molecule has 29 heavy (non-hydrogen) atoms. The third kappa shape index (κ3) is 6.68. The van der Waals surface area contributed by atoms with Gasteiger partial charge in [0.15, 0.2) is 0 Å². The van der Waals surface area contributed by atoms with Crippen LogP contribution in [0, 0.1) is 23.7 Å². The largest absolute Gasteiger partial charge is 0.435 e. The van der Waals surface area contributed by atoms with Crippen molar-refractivity contribution >= 4 is 5.97 Å². The monoisotopic (exact) mass is 408 g/mol. The molecule has 0 bridgehead atoms. The van der Waals surface area contributed by atoms with Crippen molar-refractivity contribution in [1.82, 2.24) is 0 Å². The highest BCUT2D eigenvalue weighted by Gasteiger charge is 2.33. The van der Waals surface area contributed by atoms with E-state index in [1.807, 2.05) is 0 Å². The maximum absolute atomic E-state index is 12.5. The molecule has 162 valence electrons. The van der Waals surface area contributed by atoms with Crippen LogP contribution >= 0.6 is 0 Å². The predicted molar refractivity (Wildman–Crippen MR) is 109 cm³/mol. The van der Waals surface area contributed by atoms with E-state index >= 15 is 0 Å². The highest BCUT2D eigenvalue weighted by Crippen LogP contribution is 2.42. The Bertz CT molecular complexity index is 616. The Labute approximate surface area is 173 Å². The summed E-state index contributed by atoms with van der Waals surface area (Å²) >= 11 is 0. The van der Waals surface area contributed by atoms with Gasteiger partial charge in [-0.2, -0.15) is 8.78 Å². The van der Waals surface area contributed by atoms with Gasteiger partial charge in [0.25, 0.3) is 0 Å². The number of unbranched alkanes of at least 4 members (excludes halogenated alkanes) is 1. The first-order chi connectivity index (χ1) is 14.0. The molecule has 5 heteroatoms. The third-order valence-electron chi connectivity index (χ3n) is 6.90. The molecule has 0 aromatic heterocycles. The number of carbonyl (C=O) groups is 1. The average molecular weight is 409 g/mol. The molecule has 2 fully saturated rings. The summed E-state index contributed by atoms with van der Waals surface area (Å²) in [6.07, 6.45) is 13.6. The summed E-state index contributed by atoms with van der Waals surface area (Å²) < 4.78 is 34.2. The Hall–Kier alpha value is -1.65. The fraction of sp³-hybridized carbons (Fsp3) is 0.708. The number of benzene rings is 1. The van der Waals surface area contributed by atoms with E-state index in [1.165, 1.54) is 69.2 Å². The van der Waals surface area contributed by atoms with Crippen LogP contribution in [0.4, 0.5) is 8.78 Å². The lowest BCUT2D eigenvalue weighted by molar-refractivity contribution is -0.140. The minimum Gasteiger partial charge on any atom is -0.435 e. The zero-order valence-corrected chi connectivity index (χ0v) is 17.5. The van der Waals surface area contributed by atoms with Gasteiger partial charge in [-0.05, 0) is 80.5 Å². The first-order valence-corrected chi connectivity index (χ1v) is 11.3. The number of rotatable bonds is 8. The van der Waals surface area contributed by atoms with Crippen LogP contribution in [0.2, 0.25) is 0 Å². The molecule has 3 nitrogen and oxygen atoms in total. The minimum absolute atomic E-state index is 0.0517. The van der Waals surface area contributed by atoms with Gasteiger partial charge < -0.3 is 9.47 Å². The SMILES string of the molecule is CCCCC1CCC(C2CCC(C(=O)Oc3ccc(OC(F)F)cc3)CC2)CC1. The van der Waals surface area contributed by atoms with Crippen molar-refractivity contribution in [2.45, 2.75) is 84.2 Å². The van der Waals surface area contributed by atoms with Gasteiger partial charge in [0, 0.05) is 0 Å². The number of hydrogen-bond donors (Lipinski definition) is 0. The summed E-state index contributed by atoms with van der Waals surface area (Å²) in [6.45, 7) is -0.587. The van der Waals surface area contributed by atoms with Gasteiger partial charge in [-0.15, -0.1) is 0 Å². The predicted octanol–water partition coefficient (Wildman–Crippen LogP) is 7.00. The molecular formula is C24H34F2O3. The number of carbonyl (C=O) groups excluding carboxylic acids is 1. The molecule has 3 rings (SSSR count). The fourth-order valence-corrected chi connectivity index (χ4v) is 5.16. The topological polar surface area (TPSA) is 35.5 Å². The van der Waals surface area contributed by atoms with Gasteiger partial charge >= 0.3 is 12.6 Å². The summed E-state index contributed by atoms with van der Waals surface area (Å²) in [6, 6.07) is 5.78. The maximum Gasteiger partial charge on any atom is 0.387 e. The lowest BCUT2D eigenvalue weighted by Crippen LogP contribution is -2.30. The van der Waals surface area contributed by atoms with Crippen LogP contribution in [-0.4, -0.2) is 12.6 Å². The van der Waals surface area contributed by atoms with E-state index in [-0.39, 0.29) is 17.6 Å². The number of ether oxygens (including phenoxy) is 2. The molecule has 0 spiro atoms. The highest BCUT2D eigenvalue weighted by atomic mass is 19.3. The van der Waals surface area contributed by atoms with E-state index in [9.17, 15) is 13.6 Å². The second-order valence-corrected chi connectivity index (χ2v) is 8.81. The molecule has 2 aliphatic rings. The lowest BCUT2D eigenvalue weighted by Gasteiger charge is -2.37. The summed E-state index contributed by atoms with van der Waals surface area (Å²) in [5.41, 5.74) is 0. The normalized spacial score (nSPS) is 27.6. The Morgan fingerprint density at radius 2 is 1.48 bits per heavy atom. The fourth-order valence-electron chi connectivity index (χ4n) is 5.16. The molecule has 0 radical (unpaired) electrons. The van der Waals surface area contributed by atoms with Gasteiger partial charge in [0.05, 0.1) is 5.92 Å². The van der Waals surface area contributed by atoms with Crippen molar-refractivity contribution in [1.29, 1.82) is 0 Å². The Kier molecular flexibility index (Phi) is 8.31. The van der Waals surface area contributed by atoms with Crippen molar-refractivity contribution < 1.29 is 23.0 Å². The Morgan fingerprint density at radius 1 is 0.931 bits per heavy atom. The molecule has 2 aliphatic carbocycles. The summed E-state index contributed by atoms with van der Waals surface area (Å²) in [4.78, 5) is 12.5. The maximum atomic E-state index is 12.5. The number of halogens is 2. The average Bonchev–Trinajstić information content (AvgIpc) is 2.74. The molecule has 0 atom stereocenters. The van der Waals surface area contributed by atoms with E-state index in [1.54, 1.807) is 0 Å². The smallest absolute Gasteiger partial charge is 0.387 e. The lowest BCUT2D eigenvalue weighted by atomic mass is 9.68. The minimum atomic E-state index is -2.86. The van der Waals surface area contributed by atoms with Crippen LogP contribution in [0.15, 0.2) is 24.3 Å². The van der Waals surface area contributed by atoms with Crippen LogP contribution in [0.5, 0.6) is 11.5 Å². The van der Waals surface area contributed by atoms with Crippen LogP contribution in [-0.2, 0) is 4.79 Å². The summed E-state index contributed by atoms with van der Waals surface area (Å²) in [5, 5.41) is 0. The van der Waals surface area contributed by atoms with Gasteiger partial charge in [-0.1, -0.05) is 39.0 Å². The Morgan fingerprint density at radius 3 is 2.03 bits per heavy atom. The molecule has 2 saturated carbocycles. The van der Waals surface area contributed by atoms with Crippen molar-refractivity contribution in [3.05, 3.63) is 24.3 Å². The first-order valence-electron chi connectivity index (χ1n) is 11.3. The standard InChI is InChI=1S/C24H34F2O3/c1-2-3-4-17-5-7-18(8-6-17)19-9-11-20(12-10-19)23(27)28-21-13-15-22(16-14-21)29-24(25)26/h13-20,24H,2-12H2,1H3. The number of hydrogen-bond acceptors (Lipinski definition) is 3. The van der Waals surface area contributed by atoms with E-state index in [4.69, 9.17) is 4.74 Å². The van der Waals surface area contributed by atoms with Gasteiger partial charge in [-0.25, -0.2) is 0 Å². The highest BCUT2D eigenvalue weighted by molar-refractivity contribution is 5.75. The molecule has 0 N–H and O–H groups in total. The van der Waals surface area contributed by atoms with E-state index in [0.717, 1.165) is 43.4 Å². The zero-order chi connectivity index (χ0) is 20.6. The van der Waals surface area contributed by atoms with Crippen molar-refractivity contribution in [2.24, 2.45) is 23.7 Å². The third-order valence-corrected chi connectivity index (χ3v) is 6.90. The van der Waals surface area contributed by atoms with Crippen LogP contribution < -0.4 is 9.47 Å². The van der Waals surface area contributed by atoms with Crippen LogP contribution in [0.25, 0.3) is 0 Å². The number of alkyl halides is 2. The molecule has 0 unspecified atom stereocenters. The quantitative estimate of drug-likeness (QED) is 0.343. The van der Waals surface area contributed by atoms with Gasteiger partial charge in [0.1, 0.15) is 11.5 Å². The Balaban J connectivity index is 1.39. The number of esters is 1. The molecule has 0 amide bonds. The van der Waals surface area contributed by atoms with Crippen LogP contribution in [0.1, 0.15) is 77.6 Å². The second kappa shape index (κ2) is 10.9. The summed E-state index contributed by atoms with van der Waals surface area (Å²) in [7, 11) is 0. The molecule has 0 aliphatic heterocycles. The van der Waals surface area contributed by atoms with Crippen LogP contribution in [0.3, 0.4) is 0 Å². The molecule has 1 aromatic carbocycles. The van der Waals surface area contributed by atoms with E-state index in [2.05, 4.69) is 11.7 Å². The van der Waals surface area contributed by atoms with Crippen molar-refractivity contribution in [3.8, 4) is 11.5 Å². The van der Waals surface area contributed by atoms with Crippen molar-refractivity contribution in [2.75, 3.05) is 0 Å². The molecule has 0 saturated heterocycles. The summed E-state index contributed by atoms with van der Waals surface area (Å²) in [5.74, 6) is 2.73. The molecular weight excluding hydrogens is 374 g/mol. The van der Waals surface area contributed by atoms with Gasteiger partial charge in [-0.3, -0.25) is 4.79 Å². The first kappa shape index (κ1) is 22.0. The molecule has 1 aromatic rings. The molecule has 0 heterocycles. The van der Waals surface area contributed by atoms with Crippen molar-refractivity contribution in [3.63, 3.8) is 0 Å². The van der Waals surface area contributed by atoms with E-state index in [0.29, 0.717) is 5.75 Å².